The second-order valence-corrected chi connectivity index (χ2v) is 5.76. The van der Waals surface area contributed by atoms with E-state index in [0.29, 0.717) is 49.1 Å². The molecule has 0 radical (unpaired) electrons. The van der Waals surface area contributed by atoms with Gasteiger partial charge in [0.05, 0.1) is 24.8 Å². The molecule has 1 aromatic carbocycles. The summed E-state index contributed by atoms with van der Waals surface area (Å²) in [5.74, 6) is 0.971. The third kappa shape index (κ3) is 4.62. The van der Waals surface area contributed by atoms with E-state index in [1.54, 1.807) is 30.2 Å². The van der Waals surface area contributed by atoms with Crippen LogP contribution in [0, 0.1) is 0 Å². The fourth-order valence-electron chi connectivity index (χ4n) is 2.48. The van der Waals surface area contributed by atoms with Gasteiger partial charge in [0, 0.05) is 19.2 Å². The first kappa shape index (κ1) is 17.6. The van der Waals surface area contributed by atoms with Crippen LogP contribution < -0.4 is 9.47 Å². The van der Waals surface area contributed by atoms with Crippen molar-refractivity contribution in [3.05, 3.63) is 28.8 Å². The minimum Gasteiger partial charge on any atom is -0.493 e. The van der Waals surface area contributed by atoms with E-state index in [-0.39, 0.29) is 12.0 Å². The average Bonchev–Trinajstić information content (AvgIpc) is 2.55. The van der Waals surface area contributed by atoms with Crippen LogP contribution in [0.2, 0.25) is 5.02 Å². The molecule has 0 aliphatic carbocycles. The molecule has 0 unspecified atom stereocenters. The van der Waals surface area contributed by atoms with E-state index < -0.39 is 0 Å². The maximum absolute atomic E-state index is 12.2. The van der Waals surface area contributed by atoms with E-state index in [1.807, 2.05) is 6.92 Å². The summed E-state index contributed by atoms with van der Waals surface area (Å²) < 4.78 is 10.8. The number of benzene rings is 1. The molecule has 0 aromatic heterocycles. The maximum Gasteiger partial charge on any atom is 0.246 e. The molecule has 0 saturated carbocycles. The van der Waals surface area contributed by atoms with Gasteiger partial charge in [0.2, 0.25) is 5.91 Å². The number of likely N-dealkylation sites (tertiary alicyclic amines) is 1. The number of carbonyl (C=O) groups is 1. The Morgan fingerprint density at radius 1 is 1.43 bits per heavy atom. The largest absolute Gasteiger partial charge is 0.493 e. The molecule has 5 nitrogen and oxygen atoms in total. The molecule has 0 bridgehead atoms. The molecule has 1 fully saturated rings. The number of nitrogens with zero attached hydrogens (tertiary/aromatic N) is 1. The molecule has 126 valence electrons. The zero-order valence-corrected chi connectivity index (χ0v) is 14.2. The van der Waals surface area contributed by atoms with Crippen LogP contribution >= 0.6 is 11.6 Å². The van der Waals surface area contributed by atoms with Crippen molar-refractivity contribution in [3.8, 4) is 11.5 Å². The minimum absolute atomic E-state index is 0.0686. The summed E-state index contributed by atoms with van der Waals surface area (Å²) >= 11 is 6.21. The Morgan fingerprint density at radius 3 is 2.74 bits per heavy atom. The van der Waals surface area contributed by atoms with E-state index in [2.05, 4.69) is 0 Å². The minimum atomic E-state index is -0.294. The van der Waals surface area contributed by atoms with Crippen LogP contribution in [0.1, 0.15) is 25.3 Å². The van der Waals surface area contributed by atoms with E-state index in [1.165, 1.54) is 6.08 Å². The zero-order chi connectivity index (χ0) is 16.8. The third-order valence-corrected chi connectivity index (χ3v) is 4.02. The number of hydrogen-bond acceptors (Lipinski definition) is 4. The lowest BCUT2D eigenvalue weighted by Crippen LogP contribution is -2.39. The number of ether oxygens (including phenoxy) is 2. The number of piperidine rings is 1. The molecule has 1 heterocycles. The van der Waals surface area contributed by atoms with Crippen LogP contribution in [0.25, 0.3) is 6.08 Å². The number of aliphatic hydroxyl groups is 1. The number of amides is 1. The summed E-state index contributed by atoms with van der Waals surface area (Å²) in [7, 11) is 1.55. The molecular formula is C17H22ClNO4. The lowest BCUT2D eigenvalue weighted by molar-refractivity contribution is -0.127. The lowest BCUT2D eigenvalue weighted by Gasteiger charge is -2.28. The van der Waals surface area contributed by atoms with Gasteiger partial charge in [-0.3, -0.25) is 4.79 Å². The lowest BCUT2D eigenvalue weighted by atomic mass is 10.1. The molecule has 1 aliphatic rings. The van der Waals surface area contributed by atoms with Crippen LogP contribution in [0.3, 0.4) is 0 Å². The first-order chi connectivity index (χ1) is 11.0. The van der Waals surface area contributed by atoms with Gasteiger partial charge in [0.1, 0.15) is 0 Å². The van der Waals surface area contributed by atoms with Crippen molar-refractivity contribution in [2.45, 2.75) is 25.9 Å². The molecule has 1 saturated heterocycles. The SMILES string of the molecule is CCOc1c(Cl)cc(/C=C/C(=O)N2CCC(O)CC2)cc1OC. The molecule has 23 heavy (non-hydrogen) atoms. The van der Waals surface area contributed by atoms with Gasteiger partial charge < -0.3 is 19.5 Å². The molecule has 0 atom stereocenters. The van der Waals surface area contributed by atoms with Gasteiger partial charge in [0.15, 0.2) is 11.5 Å². The zero-order valence-electron chi connectivity index (χ0n) is 13.4. The molecule has 1 aliphatic heterocycles. The predicted molar refractivity (Wildman–Crippen MR) is 90.0 cm³/mol. The second kappa shape index (κ2) is 8.22. The highest BCUT2D eigenvalue weighted by Crippen LogP contribution is 2.36. The number of rotatable bonds is 5. The number of hydrogen-bond donors (Lipinski definition) is 1. The molecule has 2 rings (SSSR count). The Balaban J connectivity index is 2.10. The van der Waals surface area contributed by atoms with Crippen molar-refractivity contribution in [1.29, 1.82) is 0 Å². The van der Waals surface area contributed by atoms with Crippen LogP contribution in [-0.2, 0) is 4.79 Å². The summed E-state index contributed by atoms with van der Waals surface area (Å²) in [4.78, 5) is 13.9. The quantitative estimate of drug-likeness (QED) is 0.838. The summed E-state index contributed by atoms with van der Waals surface area (Å²) in [5, 5.41) is 9.92. The van der Waals surface area contributed by atoms with Crippen molar-refractivity contribution < 1.29 is 19.4 Å². The monoisotopic (exact) mass is 339 g/mol. The summed E-state index contributed by atoms with van der Waals surface area (Å²) in [6, 6.07) is 3.51. The first-order valence-corrected chi connectivity index (χ1v) is 8.08. The maximum atomic E-state index is 12.2. The van der Waals surface area contributed by atoms with Crippen molar-refractivity contribution in [1.82, 2.24) is 4.90 Å². The van der Waals surface area contributed by atoms with Crippen LogP contribution in [0.15, 0.2) is 18.2 Å². The Kier molecular flexibility index (Phi) is 6.30. The van der Waals surface area contributed by atoms with Gasteiger partial charge >= 0.3 is 0 Å². The summed E-state index contributed by atoms with van der Waals surface area (Å²) in [6.07, 6.45) is 4.18. The van der Waals surface area contributed by atoms with E-state index in [0.717, 1.165) is 5.56 Å². The van der Waals surface area contributed by atoms with E-state index in [9.17, 15) is 9.90 Å². The van der Waals surface area contributed by atoms with Crippen molar-refractivity contribution >= 4 is 23.6 Å². The van der Waals surface area contributed by atoms with Gasteiger partial charge in [-0.15, -0.1) is 0 Å². The highest BCUT2D eigenvalue weighted by atomic mass is 35.5. The standard InChI is InChI=1S/C17H22ClNO4/c1-3-23-17-14(18)10-12(11-15(17)22-2)4-5-16(21)19-8-6-13(20)7-9-19/h4-5,10-11,13,20H,3,6-9H2,1-2H3/b5-4+. The normalized spacial score (nSPS) is 15.9. The first-order valence-electron chi connectivity index (χ1n) is 7.70. The fourth-order valence-corrected chi connectivity index (χ4v) is 2.75. The van der Waals surface area contributed by atoms with Gasteiger partial charge in [-0.05, 0) is 43.5 Å². The smallest absolute Gasteiger partial charge is 0.246 e. The van der Waals surface area contributed by atoms with Gasteiger partial charge in [0.25, 0.3) is 0 Å². The molecule has 6 heteroatoms. The number of aliphatic hydroxyl groups excluding tert-OH is 1. The van der Waals surface area contributed by atoms with E-state index in [4.69, 9.17) is 21.1 Å². The predicted octanol–water partition coefficient (Wildman–Crippen LogP) is 2.74. The van der Waals surface area contributed by atoms with Crippen LogP contribution in [0.4, 0.5) is 0 Å². The Bertz CT molecular complexity index is 580. The molecular weight excluding hydrogens is 318 g/mol. The summed E-state index contributed by atoms with van der Waals surface area (Å²) in [6.45, 7) is 3.53. The Hall–Kier alpha value is -1.72. The van der Waals surface area contributed by atoms with Gasteiger partial charge in [-0.2, -0.15) is 0 Å². The highest BCUT2D eigenvalue weighted by molar-refractivity contribution is 6.32. The van der Waals surface area contributed by atoms with Crippen LogP contribution in [-0.4, -0.2) is 48.8 Å². The third-order valence-electron chi connectivity index (χ3n) is 3.73. The molecule has 1 amide bonds. The Morgan fingerprint density at radius 2 is 2.13 bits per heavy atom. The fraction of sp³-hybridized carbons (Fsp3) is 0.471. The van der Waals surface area contributed by atoms with Gasteiger partial charge in [-0.1, -0.05) is 11.6 Å². The Labute approximate surface area is 141 Å². The molecule has 1 aromatic rings. The topological polar surface area (TPSA) is 59.0 Å². The van der Waals surface area contributed by atoms with Gasteiger partial charge in [-0.25, -0.2) is 0 Å². The number of methoxy groups -OCH3 is 1. The molecule has 0 spiro atoms. The number of halogens is 1. The number of carbonyl (C=O) groups excluding carboxylic acids is 1. The van der Waals surface area contributed by atoms with Crippen molar-refractivity contribution in [3.63, 3.8) is 0 Å². The van der Waals surface area contributed by atoms with Crippen molar-refractivity contribution in [2.24, 2.45) is 0 Å². The van der Waals surface area contributed by atoms with Crippen LogP contribution in [0.5, 0.6) is 11.5 Å². The van der Waals surface area contributed by atoms with Crippen molar-refractivity contribution in [2.75, 3.05) is 26.8 Å². The average molecular weight is 340 g/mol. The highest BCUT2D eigenvalue weighted by Gasteiger charge is 2.19. The summed E-state index contributed by atoms with van der Waals surface area (Å²) in [5.41, 5.74) is 0.765. The second-order valence-electron chi connectivity index (χ2n) is 5.36. The van der Waals surface area contributed by atoms with E-state index >= 15 is 0 Å². The molecule has 1 N–H and O–H groups in total.